The zero-order chi connectivity index (χ0) is 18.0. The Balaban J connectivity index is 1.98. The second kappa shape index (κ2) is 7.58. The predicted octanol–water partition coefficient (Wildman–Crippen LogP) is 5.69. The molecule has 2 aromatic rings. The van der Waals surface area contributed by atoms with Gasteiger partial charge in [-0.3, -0.25) is 9.69 Å². The van der Waals surface area contributed by atoms with E-state index >= 15 is 0 Å². The van der Waals surface area contributed by atoms with Gasteiger partial charge in [0.05, 0.1) is 10.6 Å². The lowest BCUT2D eigenvalue weighted by atomic mass is 10.1. The van der Waals surface area contributed by atoms with E-state index in [1.807, 2.05) is 69.3 Å². The van der Waals surface area contributed by atoms with Crippen LogP contribution in [0.15, 0.2) is 56.8 Å². The molecule has 0 N–H and O–H groups in total. The van der Waals surface area contributed by atoms with Gasteiger partial charge in [0.25, 0.3) is 5.91 Å². The number of carbonyl (C=O) groups excluding carboxylic acids is 1. The van der Waals surface area contributed by atoms with Crippen molar-refractivity contribution in [2.75, 3.05) is 6.54 Å². The van der Waals surface area contributed by atoms with E-state index in [-0.39, 0.29) is 5.91 Å². The smallest absolute Gasteiger partial charge is 0.266 e. The number of hydrogen-bond donors (Lipinski definition) is 0. The largest absolute Gasteiger partial charge is 0.287 e. The van der Waals surface area contributed by atoms with Crippen molar-refractivity contribution < 1.29 is 4.79 Å². The predicted molar refractivity (Wildman–Crippen MR) is 110 cm³/mol. The van der Waals surface area contributed by atoms with Gasteiger partial charge >= 0.3 is 0 Å². The van der Waals surface area contributed by atoms with Crippen molar-refractivity contribution in [2.45, 2.75) is 20.8 Å². The van der Waals surface area contributed by atoms with Crippen LogP contribution in [0.5, 0.6) is 0 Å². The van der Waals surface area contributed by atoms with E-state index in [0.29, 0.717) is 11.4 Å². The van der Waals surface area contributed by atoms with Crippen molar-refractivity contribution in [1.29, 1.82) is 0 Å². The fourth-order valence-electron chi connectivity index (χ4n) is 2.66. The van der Waals surface area contributed by atoms with Gasteiger partial charge in [-0.05, 0) is 67.4 Å². The molecular formula is C20H19BrN2OS. The van der Waals surface area contributed by atoms with Crippen LogP contribution in [0.3, 0.4) is 0 Å². The van der Waals surface area contributed by atoms with Crippen molar-refractivity contribution in [3.63, 3.8) is 0 Å². The number of likely N-dealkylation sites (N-methyl/N-ethyl adjacent to an activating group) is 1. The van der Waals surface area contributed by atoms with E-state index in [2.05, 4.69) is 15.9 Å². The van der Waals surface area contributed by atoms with Gasteiger partial charge in [0.1, 0.15) is 0 Å². The summed E-state index contributed by atoms with van der Waals surface area (Å²) in [5.41, 5.74) is 4.17. The molecule has 0 atom stereocenters. The van der Waals surface area contributed by atoms with Gasteiger partial charge in [0.15, 0.2) is 5.17 Å². The van der Waals surface area contributed by atoms with E-state index in [9.17, 15) is 4.79 Å². The minimum absolute atomic E-state index is 0.0143. The minimum Gasteiger partial charge on any atom is -0.287 e. The molecule has 1 amide bonds. The van der Waals surface area contributed by atoms with Crippen molar-refractivity contribution in [3.8, 4) is 0 Å². The quantitative estimate of drug-likeness (QED) is 0.604. The second-order valence-electron chi connectivity index (χ2n) is 5.85. The maximum atomic E-state index is 12.7. The van der Waals surface area contributed by atoms with E-state index < -0.39 is 0 Å². The lowest BCUT2D eigenvalue weighted by Crippen LogP contribution is -2.28. The van der Waals surface area contributed by atoms with E-state index in [1.165, 1.54) is 11.8 Å². The topological polar surface area (TPSA) is 32.7 Å². The highest BCUT2D eigenvalue weighted by Crippen LogP contribution is 2.35. The molecule has 3 rings (SSSR count). The number of hydrogen-bond acceptors (Lipinski definition) is 3. The summed E-state index contributed by atoms with van der Waals surface area (Å²) in [7, 11) is 0. The maximum Gasteiger partial charge on any atom is 0.266 e. The lowest BCUT2D eigenvalue weighted by Gasteiger charge is -2.13. The van der Waals surface area contributed by atoms with Crippen LogP contribution in [0.4, 0.5) is 5.69 Å². The van der Waals surface area contributed by atoms with Gasteiger partial charge in [0, 0.05) is 11.0 Å². The number of aryl methyl sites for hydroxylation is 2. The Morgan fingerprint density at radius 1 is 1.12 bits per heavy atom. The Morgan fingerprint density at radius 3 is 2.36 bits per heavy atom. The Hall–Kier alpha value is -1.85. The normalized spacial score (nSPS) is 17.8. The first-order chi connectivity index (χ1) is 12.0. The van der Waals surface area contributed by atoms with Crippen LogP contribution in [0.25, 0.3) is 6.08 Å². The van der Waals surface area contributed by atoms with Gasteiger partial charge in [-0.25, -0.2) is 4.99 Å². The molecule has 5 heteroatoms. The first-order valence-electron chi connectivity index (χ1n) is 8.11. The van der Waals surface area contributed by atoms with Crippen LogP contribution in [0.2, 0.25) is 0 Å². The van der Waals surface area contributed by atoms with E-state index in [4.69, 9.17) is 4.99 Å². The molecule has 1 heterocycles. The third-order valence-electron chi connectivity index (χ3n) is 4.02. The molecule has 0 aliphatic carbocycles. The molecule has 0 aromatic heterocycles. The molecule has 2 aromatic carbocycles. The fourth-order valence-corrected chi connectivity index (χ4v) is 3.97. The molecule has 0 bridgehead atoms. The molecule has 0 saturated carbocycles. The van der Waals surface area contributed by atoms with Crippen LogP contribution in [-0.4, -0.2) is 22.5 Å². The molecule has 25 heavy (non-hydrogen) atoms. The number of para-hydroxylation sites is 1. The Morgan fingerprint density at radius 2 is 1.76 bits per heavy atom. The second-order valence-corrected chi connectivity index (χ2v) is 7.77. The third kappa shape index (κ3) is 3.88. The molecule has 0 spiro atoms. The zero-order valence-electron chi connectivity index (χ0n) is 14.4. The number of amidine groups is 1. The van der Waals surface area contributed by atoms with Crippen LogP contribution in [-0.2, 0) is 4.79 Å². The van der Waals surface area contributed by atoms with Crippen LogP contribution in [0, 0.1) is 13.8 Å². The number of halogens is 1. The van der Waals surface area contributed by atoms with Crippen LogP contribution >= 0.6 is 27.7 Å². The van der Waals surface area contributed by atoms with Crippen molar-refractivity contribution >= 4 is 50.5 Å². The number of rotatable bonds is 3. The Bertz CT molecular complexity index is 852. The van der Waals surface area contributed by atoms with Gasteiger partial charge in [0.2, 0.25) is 0 Å². The van der Waals surface area contributed by atoms with E-state index in [1.54, 1.807) is 4.90 Å². The number of aliphatic imine (C=N–C) groups is 1. The molecular weight excluding hydrogens is 396 g/mol. The molecule has 128 valence electrons. The molecule has 0 unspecified atom stereocenters. The molecule has 1 saturated heterocycles. The molecule has 0 radical (unpaired) electrons. The first-order valence-corrected chi connectivity index (χ1v) is 9.72. The molecule has 3 nitrogen and oxygen atoms in total. The zero-order valence-corrected chi connectivity index (χ0v) is 16.8. The summed E-state index contributed by atoms with van der Waals surface area (Å²) in [5, 5.41) is 0.744. The average Bonchev–Trinajstić information content (AvgIpc) is 2.88. The minimum atomic E-state index is 0.0143. The number of thioether (sulfide) groups is 1. The summed E-state index contributed by atoms with van der Waals surface area (Å²) in [4.78, 5) is 20.0. The molecule has 1 aliphatic rings. The summed E-state index contributed by atoms with van der Waals surface area (Å²) in [5.74, 6) is 0.0143. The van der Waals surface area contributed by atoms with Crippen LogP contribution in [0.1, 0.15) is 23.6 Å². The lowest BCUT2D eigenvalue weighted by molar-refractivity contribution is -0.122. The number of benzene rings is 2. The standard InChI is InChI=1S/C20H19BrN2OS/c1-4-23-19(24)17(12-15-8-10-16(21)11-9-15)25-20(23)22-18-13(2)6-5-7-14(18)3/h5-12H,4H2,1-3H3/b17-12+,22-20?. The number of nitrogens with zero attached hydrogens (tertiary/aromatic N) is 2. The van der Waals surface area contributed by atoms with Crippen molar-refractivity contribution in [2.24, 2.45) is 4.99 Å². The number of amides is 1. The van der Waals surface area contributed by atoms with Gasteiger partial charge in [-0.15, -0.1) is 0 Å². The van der Waals surface area contributed by atoms with Crippen molar-refractivity contribution in [3.05, 3.63) is 68.5 Å². The van der Waals surface area contributed by atoms with Gasteiger partial charge < -0.3 is 0 Å². The van der Waals surface area contributed by atoms with Crippen molar-refractivity contribution in [1.82, 2.24) is 4.90 Å². The Kier molecular flexibility index (Phi) is 5.45. The highest BCUT2D eigenvalue weighted by Gasteiger charge is 2.32. The van der Waals surface area contributed by atoms with Gasteiger partial charge in [-0.1, -0.05) is 46.3 Å². The summed E-state index contributed by atoms with van der Waals surface area (Å²) >= 11 is 4.87. The average molecular weight is 415 g/mol. The maximum absolute atomic E-state index is 12.7. The van der Waals surface area contributed by atoms with Crippen LogP contribution < -0.4 is 0 Å². The summed E-state index contributed by atoms with van der Waals surface area (Å²) < 4.78 is 1.02. The fraction of sp³-hybridized carbons (Fsp3) is 0.200. The first kappa shape index (κ1) is 18.0. The van der Waals surface area contributed by atoms with Gasteiger partial charge in [-0.2, -0.15) is 0 Å². The Labute approximate surface area is 161 Å². The molecule has 1 aliphatic heterocycles. The van der Waals surface area contributed by atoms with E-state index in [0.717, 1.165) is 32.0 Å². The summed E-state index contributed by atoms with van der Waals surface area (Å²) in [6, 6.07) is 14.0. The summed E-state index contributed by atoms with van der Waals surface area (Å²) in [6.45, 7) is 6.67. The SMILES string of the molecule is CCN1C(=O)/C(=C\c2ccc(Br)cc2)SC1=Nc1c(C)cccc1C. The molecule has 1 fully saturated rings. The highest BCUT2D eigenvalue weighted by molar-refractivity contribution is 9.10. The number of carbonyl (C=O) groups is 1. The highest BCUT2D eigenvalue weighted by atomic mass is 79.9. The third-order valence-corrected chi connectivity index (χ3v) is 5.55. The summed E-state index contributed by atoms with van der Waals surface area (Å²) in [6.07, 6.45) is 1.93. The monoisotopic (exact) mass is 414 g/mol.